The molecule has 6 heteroatoms. The lowest BCUT2D eigenvalue weighted by atomic mass is 10.1. The second kappa shape index (κ2) is 8.89. The number of benzene rings is 2. The number of methoxy groups -OCH3 is 2. The molecule has 0 radical (unpaired) electrons. The van der Waals surface area contributed by atoms with Crippen LogP contribution in [0.15, 0.2) is 65.4 Å². The van der Waals surface area contributed by atoms with Gasteiger partial charge in [-0.1, -0.05) is 12.1 Å². The summed E-state index contributed by atoms with van der Waals surface area (Å²) < 4.78 is 11.0. The quantitative estimate of drug-likeness (QED) is 0.505. The number of carbonyl (C=O) groups excluding carboxylic acids is 1. The van der Waals surface area contributed by atoms with Gasteiger partial charge in [-0.3, -0.25) is 4.79 Å². The maximum absolute atomic E-state index is 13.4. The summed E-state index contributed by atoms with van der Waals surface area (Å²) in [4.78, 5) is 19.3. The molecule has 0 unspecified atom stereocenters. The zero-order chi connectivity index (χ0) is 20.1. The van der Waals surface area contributed by atoms with E-state index in [0.717, 1.165) is 28.3 Å². The summed E-state index contributed by atoms with van der Waals surface area (Å²) in [6, 6.07) is 16.9. The Labute approximate surface area is 173 Å². The highest BCUT2D eigenvalue weighted by atomic mass is 79.9. The Morgan fingerprint density at radius 3 is 2.32 bits per heavy atom. The number of aromatic nitrogens is 1. The number of hydrogen-bond donors (Lipinski definition) is 0. The first kappa shape index (κ1) is 19.9. The second-order valence-electron chi connectivity index (χ2n) is 6.23. The van der Waals surface area contributed by atoms with Crippen molar-refractivity contribution in [3.05, 3.63) is 82.1 Å². The molecule has 0 N–H and O–H groups in total. The molecule has 5 nitrogen and oxygen atoms in total. The largest absolute Gasteiger partial charge is 0.497 e. The monoisotopic (exact) mass is 440 g/mol. The summed E-state index contributed by atoms with van der Waals surface area (Å²) in [6.45, 7) is 2.38. The lowest BCUT2D eigenvalue weighted by Crippen LogP contribution is -2.31. The molecular weight excluding hydrogens is 420 g/mol. The van der Waals surface area contributed by atoms with E-state index in [1.54, 1.807) is 37.4 Å². The molecule has 0 bridgehead atoms. The molecule has 1 amide bonds. The average molecular weight is 441 g/mol. The highest BCUT2D eigenvalue weighted by Gasteiger charge is 2.22. The van der Waals surface area contributed by atoms with E-state index in [9.17, 15) is 4.79 Å². The van der Waals surface area contributed by atoms with Gasteiger partial charge in [0.25, 0.3) is 5.91 Å². The fourth-order valence-electron chi connectivity index (χ4n) is 2.93. The van der Waals surface area contributed by atoms with Crippen LogP contribution in [0.5, 0.6) is 11.5 Å². The molecule has 144 valence electrons. The van der Waals surface area contributed by atoms with Crippen LogP contribution in [0.3, 0.4) is 0 Å². The standard InChI is InChI=1S/C22H21BrN2O3/c1-15-13-18(28-3)10-11-20(15)25(14-16-6-8-17(27-2)9-7-16)22(26)19-5-4-12-24-21(19)23/h4-13H,14H2,1-3H3. The van der Waals surface area contributed by atoms with E-state index in [1.165, 1.54) is 0 Å². The molecule has 0 aliphatic heterocycles. The fraction of sp³-hybridized carbons (Fsp3) is 0.182. The number of rotatable bonds is 6. The van der Waals surface area contributed by atoms with Crippen LogP contribution in [0, 0.1) is 6.92 Å². The molecule has 3 aromatic rings. The van der Waals surface area contributed by atoms with Gasteiger partial charge in [0.2, 0.25) is 0 Å². The maximum atomic E-state index is 13.4. The third-order valence-corrected chi connectivity index (χ3v) is 5.06. The van der Waals surface area contributed by atoms with Crippen LogP contribution in [0.4, 0.5) is 5.69 Å². The van der Waals surface area contributed by atoms with Gasteiger partial charge in [0.05, 0.1) is 26.3 Å². The Morgan fingerprint density at radius 1 is 1.04 bits per heavy atom. The van der Waals surface area contributed by atoms with Crippen LogP contribution in [0.2, 0.25) is 0 Å². The Bertz CT molecular complexity index is 974. The van der Waals surface area contributed by atoms with Gasteiger partial charge in [0.1, 0.15) is 16.1 Å². The number of nitrogens with zero attached hydrogens (tertiary/aromatic N) is 2. The second-order valence-corrected chi connectivity index (χ2v) is 6.98. The Hall–Kier alpha value is -2.86. The molecule has 3 rings (SSSR count). The van der Waals surface area contributed by atoms with E-state index in [1.807, 2.05) is 49.4 Å². The topological polar surface area (TPSA) is 51.7 Å². The van der Waals surface area contributed by atoms with Crippen molar-refractivity contribution in [3.8, 4) is 11.5 Å². The van der Waals surface area contributed by atoms with E-state index in [-0.39, 0.29) is 5.91 Å². The maximum Gasteiger partial charge on any atom is 0.261 e. The van der Waals surface area contributed by atoms with E-state index < -0.39 is 0 Å². The molecule has 1 aromatic heterocycles. The zero-order valence-electron chi connectivity index (χ0n) is 16.0. The minimum absolute atomic E-state index is 0.135. The SMILES string of the molecule is COc1ccc(CN(C(=O)c2cccnc2Br)c2ccc(OC)cc2C)cc1. The lowest BCUT2D eigenvalue weighted by molar-refractivity contribution is 0.0983. The molecule has 0 aliphatic carbocycles. The molecule has 0 spiro atoms. The van der Waals surface area contributed by atoms with Crippen LogP contribution in [-0.2, 0) is 6.54 Å². The molecule has 28 heavy (non-hydrogen) atoms. The molecule has 1 heterocycles. The van der Waals surface area contributed by atoms with Gasteiger partial charge in [-0.25, -0.2) is 4.98 Å². The van der Waals surface area contributed by atoms with Gasteiger partial charge < -0.3 is 14.4 Å². The number of anilines is 1. The van der Waals surface area contributed by atoms with E-state index in [4.69, 9.17) is 9.47 Å². The van der Waals surface area contributed by atoms with Crippen LogP contribution in [0.1, 0.15) is 21.5 Å². The highest BCUT2D eigenvalue weighted by molar-refractivity contribution is 9.10. The third kappa shape index (κ3) is 4.34. The minimum atomic E-state index is -0.135. The molecule has 0 atom stereocenters. The number of amides is 1. The first-order valence-electron chi connectivity index (χ1n) is 8.73. The van der Waals surface area contributed by atoms with Crippen molar-refractivity contribution in [2.24, 2.45) is 0 Å². The number of aryl methyl sites for hydroxylation is 1. The molecule has 0 fully saturated rings. The van der Waals surface area contributed by atoms with Gasteiger partial charge in [0, 0.05) is 11.9 Å². The summed E-state index contributed by atoms with van der Waals surface area (Å²) in [5.74, 6) is 1.39. The smallest absolute Gasteiger partial charge is 0.261 e. The van der Waals surface area contributed by atoms with Gasteiger partial charge >= 0.3 is 0 Å². The molecule has 0 aliphatic rings. The van der Waals surface area contributed by atoms with Crippen molar-refractivity contribution in [1.29, 1.82) is 0 Å². The molecule has 2 aromatic carbocycles. The van der Waals surface area contributed by atoms with Crippen LogP contribution >= 0.6 is 15.9 Å². The van der Waals surface area contributed by atoms with Crippen molar-refractivity contribution in [2.75, 3.05) is 19.1 Å². The van der Waals surface area contributed by atoms with Crippen molar-refractivity contribution in [2.45, 2.75) is 13.5 Å². The number of hydrogen-bond acceptors (Lipinski definition) is 4. The van der Waals surface area contributed by atoms with Crippen LogP contribution in [-0.4, -0.2) is 25.1 Å². The first-order chi connectivity index (χ1) is 13.5. The van der Waals surface area contributed by atoms with E-state index in [0.29, 0.717) is 16.7 Å². The first-order valence-corrected chi connectivity index (χ1v) is 9.52. The molecule has 0 saturated carbocycles. The van der Waals surface area contributed by atoms with Gasteiger partial charge in [-0.15, -0.1) is 0 Å². The van der Waals surface area contributed by atoms with Crippen molar-refractivity contribution >= 4 is 27.5 Å². The van der Waals surface area contributed by atoms with Gasteiger partial charge in [0.15, 0.2) is 0 Å². The number of carbonyl (C=O) groups is 1. The average Bonchev–Trinajstić information content (AvgIpc) is 2.72. The number of halogens is 1. The van der Waals surface area contributed by atoms with Crippen molar-refractivity contribution < 1.29 is 14.3 Å². The van der Waals surface area contributed by atoms with Crippen molar-refractivity contribution in [3.63, 3.8) is 0 Å². The molecular formula is C22H21BrN2O3. The normalized spacial score (nSPS) is 10.4. The van der Waals surface area contributed by atoms with Crippen LogP contribution in [0.25, 0.3) is 0 Å². The molecule has 0 saturated heterocycles. The summed E-state index contributed by atoms with van der Waals surface area (Å²) in [5.41, 5.74) is 3.26. The summed E-state index contributed by atoms with van der Waals surface area (Å²) in [7, 11) is 3.26. The summed E-state index contributed by atoms with van der Waals surface area (Å²) >= 11 is 3.39. The van der Waals surface area contributed by atoms with E-state index in [2.05, 4.69) is 20.9 Å². The van der Waals surface area contributed by atoms with E-state index >= 15 is 0 Å². The number of ether oxygens (including phenoxy) is 2. The number of pyridine rings is 1. The fourth-order valence-corrected chi connectivity index (χ4v) is 3.35. The van der Waals surface area contributed by atoms with Gasteiger partial charge in [-0.05, 0) is 76.4 Å². The van der Waals surface area contributed by atoms with Crippen molar-refractivity contribution in [1.82, 2.24) is 4.98 Å². The Balaban J connectivity index is 2.02. The van der Waals surface area contributed by atoms with Crippen LogP contribution < -0.4 is 14.4 Å². The summed E-state index contributed by atoms with van der Waals surface area (Å²) in [6.07, 6.45) is 1.65. The third-order valence-electron chi connectivity index (χ3n) is 4.43. The van der Waals surface area contributed by atoms with Gasteiger partial charge in [-0.2, -0.15) is 0 Å². The predicted molar refractivity (Wildman–Crippen MR) is 113 cm³/mol. The highest BCUT2D eigenvalue weighted by Crippen LogP contribution is 2.29. The Kier molecular flexibility index (Phi) is 6.31. The lowest BCUT2D eigenvalue weighted by Gasteiger charge is -2.25. The zero-order valence-corrected chi connectivity index (χ0v) is 17.6. The predicted octanol–water partition coefficient (Wildman–Crippen LogP) is 5.02. The summed E-state index contributed by atoms with van der Waals surface area (Å²) in [5, 5.41) is 0. The minimum Gasteiger partial charge on any atom is -0.497 e. The Morgan fingerprint density at radius 2 is 1.71 bits per heavy atom.